The summed E-state index contributed by atoms with van der Waals surface area (Å²) in [4.78, 5) is 11.2. The molecule has 2 N–H and O–H groups in total. The van der Waals surface area contributed by atoms with Crippen LogP contribution in [0.25, 0.3) is 0 Å². The topological polar surface area (TPSA) is 67.8 Å². The number of anilines is 1. The summed E-state index contributed by atoms with van der Waals surface area (Å²) in [5.74, 6) is 0.0657. The van der Waals surface area contributed by atoms with Gasteiger partial charge in [0.15, 0.2) is 11.5 Å². The predicted octanol–water partition coefficient (Wildman–Crippen LogP) is 6.20. The maximum Gasteiger partial charge on any atom is 0.335 e. The molecule has 0 fully saturated rings. The zero-order valence-electron chi connectivity index (χ0n) is 16.5. The second-order valence-electron chi connectivity index (χ2n) is 6.72. The number of hydrogen-bond donors (Lipinski definition) is 2. The fourth-order valence-corrected chi connectivity index (χ4v) is 3.22. The maximum atomic E-state index is 11.2. The molecule has 30 heavy (non-hydrogen) atoms. The Hall–Kier alpha value is -2.89. The average molecular weight is 446 g/mol. The van der Waals surface area contributed by atoms with Crippen LogP contribution in [0.3, 0.4) is 0 Å². The summed E-state index contributed by atoms with van der Waals surface area (Å²) in [7, 11) is 1.56. The van der Waals surface area contributed by atoms with Crippen molar-refractivity contribution in [3.8, 4) is 11.5 Å². The number of carboxylic acids is 1. The number of methoxy groups -OCH3 is 1. The smallest absolute Gasteiger partial charge is 0.335 e. The van der Waals surface area contributed by atoms with E-state index in [4.69, 9.17) is 37.8 Å². The molecule has 0 aliphatic carbocycles. The second kappa shape index (κ2) is 9.74. The quantitative estimate of drug-likeness (QED) is 0.431. The SMILES string of the molecule is COc1cc(CNc2cc(C(=O)O)ccc2Cl)c(Cl)cc1OCc1ccc(C)cc1. The molecule has 0 amide bonds. The lowest BCUT2D eigenvalue weighted by Gasteiger charge is -2.15. The van der Waals surface area contributed by atoms with Crippen molar-refractivity contribution in [2.24, 2.45) is 0 Å². The highest BCUT2D eigenvalue weighted by molar-refractivity contribution is 6.33. The van der Waals surface area contributed by atoms with Crippen LogP contribution in [0.5, 0.6) is 11.5 Å². The Morgan fingerprint density at radius 3 is 2.40 bits per heavy atom. The first-order valence-electron chi connectivity index (χ1n) is 9.19. The number of carboxylic acid groups (broad SMARTS) is 1. The zero-order chi connectivity index (χ0) is 21.7. The van der Waals surface area contributed by atoms with Crippen LogP contribution in [0.4, 0.5) is 5.69 Å². The lowest BCUT2D eigenvalue weighted by molar-refractivity contribution is 0.0697. The van der Waals surface area contributed by atoms with Gasteiger partial charge in [-0.1, -0.05) is 53.0 Å². The van der Waals surface area contributed by atoms with Crippen LogP contribution in [-0.4, -0.2) is 18.2 Å². The van der Waals surface area contributed by atoms with Crippen LogP contribution in [0, 0.1) is 6.92 Å². The van der Waals surface area contributed by atoms with Gasteiger partial charge in [0.2, 0.25) is 0 Å². The maximum absolute atomic E-state index is 11.2. The van der Waals surface area contributed by atoms with Gasteiger partial charge in [0, 0.05) is 17.6 Å². The van der Waals surface area contributed by atoms with E-state index in [9.17, 15) is 4.79 Å². The first kappa shape index (κ1) is 21.8. The van der Waals surface area contributed by atoms with Gasteiger partial charge in [-0.05, 0) is 42.3 Å². The highest BCUT2D eigenvalue weighted by atomic mass is 35.5. The van der Waals surface area contributed by atoms with Crippen LogP contribution in [0.1, 0.15) is 27.0 Å². The number of nitrogens with one attached hydrogen (secondary N) is 1. The molecular weight excluding hydrogens is 425 g/mol. The Morgan fingerprint density at radius 2 is 1.73 bits per heavy atom. The lowest BCUT2D eigenvalue weighted by atomic mass is 10.1. The minimum absolute atomic E-state index is 0.144. The first-order valence-corrected chi connectivity index (χ1v) is 9.94. The monoisotopic (exact) mass is 445 g/mol. The molecule has 3 rings (SSSR count). The van der Waals surface area contributed by atoms with E-state index < -0.39 is 5.97 Å². The molecule has 0 aliphatic heterocycles. The van der Waals surface area contributed by atoms with Gasteiger partial charge in [0.1, 0.15) is 6.61 Å². The molecule has 0 radical (unpaired) electrons. The summed E-state index contributed by atoms with van der Waals surface area (Å²) in [5, 5.41) is 13.2. The van der Waals surface area contributed by atoms with Crippen LogP contribution >= 0.6 is 23.2 Å². The normalized spacial score (nSPS) is 10.5. The zero-order valence-corrected chi connectivity index (χ0v) is 18.1. The van der Waals surface area contributed by atoms with Gasteiger partial charge in [-0.25, -0.2) is 4.79 Å². The van der Waals surface area contributed by atoms with Gasteiger partial charge in [-0.15, -0.1) is 0 Å². The van der Waals surface area contributed by atoms with Crippen molar-refractivity contribution in [2.45, 2.75) is 20.1 Å². The Kier molecular flexibility index (Phi) is 7.08. The molecule has 3 aromatic carbocycles. The summed E-state index contributed by atoms with van der Waals surface area (Å²) in [6.45, 7) is 2.75. The van der Waals surface area contributed by atoms with E-state index in [0.29, 0.717) is 40.4 Å². The number of halogens is 2. The molecule has 0 spiro atoms. The van der Waals surface area contributed by atoms with Crippen LogP contribution in [-0.2, 0) is 13.2 Å². The Morgan fingerprint density at radius 1 is 1.00 bits per heavy atom. The Bertz CT molecular complexity index is 1050. The summed E-state index contributed by atoms with van der Waals surface area (Å²) in [6.07, 6.45) is 0. The predicted molar refractivity (Wildman–Crippen MR) is 119 cm³/mol. The third-order valence-corrected chi connectivity index (χ3v) is 5.21. The summed E-state index contributed by atoms with van der Waals surface area (Å²) in [5.41, 5.74) is 3.63. The van der Waals surface area contributed by atoms with Crippen LogP contribution in [0.2, 0.25) is 10.0 Å². The van der Waals surface area contributed by atoms with E-state index in [0.717, 1.165) is 11.1 Å². The summed E-state index contributed by atoms with van der Waals surface area (Å²) >= 11 is 12.6. The largest absolute Gasteiger partial charge is 0.493 e. The highest BCUT2D eigenvalue weighted by Gasteiger charge is 2.13. The summed E-state index contributed by atoms with van der Waals surface area (Å²) < 4.78 is 11.4. The molecule has 0 bridgehead atoms. The van der Waals surface area contributed by atoms with Gasteiger partial charge in [-0.3, -0.25) is 0 Å². The molecule has 3 aromatic rings. The number of rotatable bonds is 8. The second-order valence-corrected chi connectivity index (χ2v) is 7.54. The van der Waals surface area contributed by atoms with Crippen molar-refractivity contribution in [3.05, 3.63) is 86.9 Å². The third-order valence-electron chi connectivity index (χ3n) is 4.53. The molecule has 0 heterocycles. The van der Waals surface area contributed by atoms with Crippen molar-refractivity contribution in [2.75, 3.05) is 12.4 Å². The van der Waals surface area contributed by atoms with Gasteiger partial charge >= 0.3 is 5.97 Å². The number of aromatic carboxylic acids is 1. The molecule has 0 atom stereocenters. The highest BCUT2D eigenvalue weighted by Crippen LogP contribution is 2.35. The van der Waals surface area contributed by atoms with E-state index in [1.165, 1.54) is 23.8 Å². The van der Waals surface area contributed by atoms with E-state index >= 15 is 0 Å². The molecule has 5 nitrogen and oxygen atoms in total. The van der Waals surface area contributed by atoms with Crippen LogP contribution in [0.15, 0.2) is 54.6 Å². The third kappa shape index (κ3) is 5.38. The fourth-order valence-electron chi connectivity index (χ4n) is 2.81. The molecular formula is C23H21Cl2NO4. The molecule has 156 valence electrons. The molecule has 0 saturated carbocycles. The van der Waals surface area contributed by atoms with Gasteiger partial charge in [-0.2, -0.15) is 0 Å². The number of carbonyl (C=O) groups is 1. The van der Waals surface area contributed by atoms with Crippen molar-refractivity contribution in [1.82, 2.24) is 0 Å². The van der Waals surface area contributed by atoms with Gasteiger partial charge in [0.05, 0.1) is 23.4 Å². The van der Waals surface area contributed by atoms with Crippen molar-refractivity contribution < 1.29 is 19.4 Å². The standard InChI is InChI=1S/C23H21Cl2NO4/c1-14-3-5-15(6-4-14)13-30-22-11-19(25)17(10-21(22)29-2)12-26-20-9-16(23(27)28)7-8-18(20)24/h3-11,26H,12-13H2,1-2H3,(H,27,28). The summed E-state index contributed by atoms with van der Waals surface area (Å²) in [6, 6.07) is 16.0. The number of benzene rings is 3. The van der Waals surface area contributed by atoms with Crippen molar-refractivity contribution in [1.29, 1.82) is 0 Å². The molecule has 0 unspecified atom stereocenters. The average Bonchev–Trinajstić information content (AvgIpc) is 2.73. The van der Waals surface area contributed by atoms with Crippen LogP contribution < -0.4 is 14.8 Å². The molecule has 0 aliphatic rings. The minimum atomic E-state index is -1.02. The van der Waals surface area contributed by atoms with E-state index in [2.05, 4.69) is 5.32 Å². The minimum Gasteiger partial charge on any atom is -0.493 e. The Labute approximate surface area is 185 Å². The van der Waals surface area contributed by atoms with Crippen molar-refractivity contribution >= 4 is 34.9 Å². The van der Waals surface area contributed by atoms with E-state index in [1.54, 1.807) is 19.2 Å². The van der Waals surface area contributed by atoms with Gasteiger partial charge < -0.3 is 19.9 Å². The molecule has 0 aromatic heterocycles. The molecule has 7 heteroatoms. The fraction of sp³-hybridized carbons (Fsp3) is 0.174. The van der Waals surface area contributed by atoms with Crippen molar-refractivity contribution in [3.63, 3.8) is 0 Å². The first-order chi connectivity index (χ1) is 14.4. The van der Waals surface area contributed by atoms with E-state index in [-0.39, 0.29) is 5.56 Å². The molecule has 0 saturated heterocycles. The van der Waals surface area contributed by atoms with Gasteiger partial charge in [0.25, 0.3) is 0 Å². The van der Waals surface area contributed by atoms with E-state index in [1.807, 2.05) is 31.2 Å². The number of ether oxygens (including phenoxy) is 2. The Balaban J connectivity index is 1.74. The number of aryl methyl sites for hydroxylation is 1. The number of hydrogen-bond acceptors (Lipinski definition) is 4. The lowest BCUT2D eigenvalue weighted by Crippen LogP contribution is -2.04.